The Bertz CT molecular complexity index is 1290. The van der Waals surface area contributed by atoms with E-state index >= 15 is 0 Å². The fourth-order valence-electron chi connectivity index (χ4n) is 3.89. The number of hydrogen-bond donors (Lipinski definition) is 0. The highest BCUT2D eigenvalue weighted by Crippen LogP contribution is 2.38. The number of benzene rings is 4. The third-order valence-corrected chi connectivity index (χ3v) is 5.26. The van der Waals surface area contributed by atoms with Crippen molar-refractivity contribution in [3.63, 3.8) is 0 Å². The van der Waals surface area contributed by atoms with Crippen molar-refractivity contribution in [1.29, 1.82) is 0 Å². The molecule has 5 rings (SSSR count). The third-order valence-electron chi connectivity index (χ3n) is 5.26. The van der Waals surface area contributed by atoms with E-state index in [1.54, 1.807) is 0 Å². The predicted molar refractivity (Wildman–Crippen MR) is 113 cm³/mol. The maximum atomic E-state index is 5.89. The molecule has 0 N–H and O–H groups in total. The first kappa shape index (κ1) is 16.1. The van der Waals surface area contributed by atoms with Gasteiger partial charge in [-0.1, -0.05) is 86.6 Å². The Morgan fingerprint density at radius 3 is 2.19 bits per heavy atom. The van der Waals surface area contributed by atoms with E-state index in [-0.39, 0.29) is 5.41 Å². The van der Waals surface area contributed by atoms with Gasteiger partial charge in [0.1, 0.15) is 0 Å². The van der Waals surface area contributed by atoms with Gasteiger partial charge in [-0.15, -0.1) is 0 Å². The number of hydrogen-bond acceptors (Lipinski definition) is 2. The lowest BCUT2D eigenvalue weighted by molar-refractivity contribution is 0.421. The van der Waals surface area contributed by atoms with E-state index in [4.69, 9.17) is 4.52 Å². The highest BCUT2D eigenvalue weighted by molar-refractivity contribution is 6.19. The molecule has 0 unspecified atom stereocenters. The topological polar surface area (TPSA) is 26.0 Å². The summed E-state index contributed by atoms with van der Waals surface area (Å²) in [4.78, 5) is 0. The molecule has 4 aromatic carbocycles. The third kappa shape index (κ3) is 2.52. The second kappa shape index (κ2) is 5.68. The molecule has 132 valence electrons. The van der Waals surface area contributed by atoms with Crippen LogP contribution in [0, 0.1) is 0 Å². The van der Waals surface area contributed by atoms with Gasteiger partial charge in [-0.3, -0.25) is 0 Å². The summed E-state index contributed by atoms with van der Waals surface area (Å²) in [6, 6.07) is 25.8. The number of aromatic nitrogens is 1. The Labute approximate surface area is 158 Å². The lowest BCUT2D eigenvalue weighted by atomic mass is 9.88. The zero-order chi connectivity index (χ0) is 18.6. The van der Waals surface area contributed by atoms with Crippen LogP contribution in [0.3, 0.4) is 0 Å². The molecule has 0 spiro atoms. The van der Waals surface area contributed by atoms with Gasteiger partial charge >= 0.3 is 0 Å². The molecule has 0 aliphatic heterocycles. The zero-order valence-corrected chi connectivity index (χ0v) is 15.8. The average molecular weight is 351 g/mol. The highest BCUT2D eigenvalue weighted by atomic mass is 16.5. The minimum Gasteiger partial charge on any atom is -0.355 e. The molecule has 27 heavy (non-hydrogen) atoms. The molecule has 0 saturated heterocycles. The van der Waals surface area contributed by atoms with E-state index in [1.807, 2.05) is 6.07 Å². The van der Waals surface area contributed by atoms with Crippen molar-refractivity contribution in [2.75, 3.05) is 0 Å². The monoisotopic (exact) mass is 351 g/mol. The lowest BCUT2D eigenvalue weighted by Crippen LogP contribution is -2.11. The summed E-state index contributed by atoms with van der Waals surface area (Å²) >= 11 is 0. The SMILES string of the molecule is CC(C)(C)c1noc2c1ccc1ccc3ccc(-c4ccccc4)cc3c12. The fourth-order valence-corrected chi connectivity index (χ4v) is 3.89. The average Bonchev–Trinajstić information content (AvgIpc) is 3.12. The summed E-state index contributed by atoms with van der Waals surface area (Å²) in [5.41, 5.74) is 4.27. The van der Waals surface area contributed by atoms with Crippen LogP contribution in [0.2, 0.25) is 0 Å². The van der Waals surface area contributed by atoms with Crippen molar-refractivity contribution >= 4 is 32.5 Å². The molecular formula is C25H21NO. The Hall–Kier alpha value is -3.13. The first-order valence-corrected chi connectivity index (χ1v) is 9.33. The van der Waals surface area contributed by atoms with Gasteiger partial charge in [0.2, 0.25) is 0 Å². The van der Waals surface area contributed by atoms with Crippen molar-refractivity contribution in [3.8, 4) is 11.1 Å². The van der Waals surface area contributed by atoms with Crippen LogP contribution in [0.15, 0.2) is 77.3 Å². The van der Waals surface area contributed by atoms with Gasteiger partial charge in [-0.25, -0.2) is 0 Å². The molecule has 0 fully saturated rings. The summed E-state index contributed by atoms with van der Waals surface area (Å²) in [6.07, 6.45) is 0. The molecule has 0 radical (unpaired) electrons. The quantitative estimate of drug-likeness (QED) is 0.301. The minimum absolute atomic E-state index is 0.0568. The summed E-state index contributed by atoms with van der Waals surface area (Å²) in [6.45, 7) is 6.52. The Morgan fingerprint density at radius 2 is 1.41 bits per heavy atom. The molecule has 5 aromatic rings. The van der Waals surface area contributed by atoms with Gasteiger partial charge in [0, 0.05) is 16.2 Å². The van der Waals surface area contributed by atoms with Crippen LogP contribution < -0.4 is 0 Å². The van der Waals surface area contributed by atoms with Crippen LogP contribution in [0.25, 0.3) is 43.6 Å². The second-order valence-electron chi connectivity index (χ2n) is 8.19. The molecule has 2 heteroatoms. The first-order chi connectivity index (χ1) is 13.0. The van der Waals surface area contributed by atoms with E-state index in [9.17, 15) is 0 Å². The van der Waals surface area contributed by atoms with Crippen molar-refractivity contribution in [2.24, 2.45) is 0 Å². The van der Waals surface area contributed by atoms with Crippen LogP contribution in [-0.4, -0.2) is 5.16 Å². The molecule has 0 amide bonds. The van der Waals surface area contributed by atoms with Gasteiger partial charge in [0.05, 0.1) is 5.69 Å². The maximum Gasteiger partial charge on any atom is 0.175 e. The van der Waals surface area contributed by atoms with E-state index in [2.05, 4.69) is 92.7 Å². The van der Waals surface area contributed by atoms with Crippen LogP contribution in [0.1, 0.15) is 26.5 Å². The molecule has 0 saturated carbocycles. The smallest absolute Gasteiger partial charge is 0.175 e. The molecule has 0 aliphatic carbocycles. The van der Waals surface area contributed by atoms with E-state index in [0.29, 0.717) is 0 Å². The summed E-state index contributed by atoms with van der Waals surface area (Å²) in [5, 5.41) is 10.3. The van der Waals surface area contributed by atoms with Gasteiger partial charge in [-0.05, 0) is 39.4 Å². The number of nitrogens with zero attached hydrogens (tertiary/aromatic N) is 1. The summed E-state index contributed by atoms with van der Waals surface area (Å²) in [5.74, 6) is 0. The number of fused-ring (bicyclic) bond motifs is 5. The van der Waals surface area contributed by atoms with Crippen LogP contribution in [0.5, 0.6) is 0 Å². The fraction of sp³-hybridized carbons (Fsp3) is 0.160. The van der Waals surface area contributed by atoms with Gasteiger partial charge in [0.25, 0.3) is 0 Å². The molecule has 0 aliphatic rings. The lowest BCUT2D eigenvalue weighted by Gasteiger charge is -2.14. The van der Waals surface area contributed by atoms with Crippen molar-refractivity contribution in [3.05, 3.63) is 78.5 Å². The Kier molecular flexibility index (Phi) is 3.38. The normalized spacial score (nSPS) is 12.3. The Morgan fingerprint density at radius 1 is 0.704 bits per heavy atom. The minimum atomic E-state index is -0.0568. The van der Waals surface area contributed by atoms with E-state index in [1.165, 1.54) is 27.3 Å². The van der Waals surface area contributed by atoms with E-state index in [0.717, 1.165) is 22.0 Å². The van der Waals surface area contributed by atoms with Crippen LogP contribution >= 0.6 is 0 Å². The largest absolute Gasteiger partial charge is 0.355 e. The Balaban J connectivity index is 1.88. The predicted octanol–water partition coefficient (Wildman–Crippen LogP) is 7.10. The summed E-state index contributed by atoms with van der Waals surface area (Å²) in [7, 11) is 0. The first-order valence-electron chi connectivity index (χ1n) is 9.33. The van der Waals surface area contributed by atoms with E-state index < -0.39 is 0 Å². The molecule has 1 heterocycles. The molecule has 0 atom stereocenters. The van der Waals surface area contributed by atoms with Crippen molar-refractivity contribution < 1.29 is 4.52 Å². The van der Waals surface area contributed by atoms with Gasteiger partial charge < -0.3 is 4.52 Å². The molecule has 2 nitrogen and oxygen atoms in total. The highest BCUT2D eigenvalue weighted by Gasteiger charge is 2.23. The zero-order valence-electron chi connectivity index (χ0n) is 15.8. The second-order valence-corrected chi connectivity index (χ2v) is 8.19. The summed E-state index contributed by atoms with van der Waals surface area (Å²) < 4.78 is 5.89. The van der Waals surface area contributed by atoms with Crippen LogP contribution in [0.4, 0.5) is 0 Å². The van der Waals surface area contributed by atoms with Crippen LogP contribution in [-0.2, 0) is 5.41 Å². The van der Waals surface area contributed by atoms with Gasteiger partial charge in [0.15, 0.2) is 5.58 Å². The number of rotatable bonds is 1. The standard InChI is InChI=1S/C25H21NO/c1-25(2,3)24-20-14-13-18-11-9-17-10-12-19(16-7-5-4-6-8-16)15-21(17)22(18)23(20)27-26-24/h4-15H,1-3H3. The van der Waals surface area contributed by atoms with Crippen molar-refractivity contribution in [2.45, 2.75) is 26.2 Å². The maximum absolute atomic E-state index is 5.89. The molecule has 1 aromatic heterocycles. The molecular weight excluding hydrogens is 330 g/mol. The van der Waals surface area contributed by atoms with Crippen molar-refractivity contribution in [1.82, 2.24) is 5.16 Å². The van der Waals surface area contributed by atoms with Gasteiger partial charge in [-0.2, -0.15) is 0 Å². The molecule has 0 bridgehead atoms.